The number of para-hydroxylation sites is 1. The molecular formula is C28H20N4O3. The van der Waals surface area contributed by atoms with Crippen molar-refractivity contribution >= 4 is 17.4 Å². The van der Waals surface area contributed by atoms with Gasteiger partial charge in [-0.05, 0) is 29.8 Å². The van der Waals surface area contributed by atoms with Crippen LogP contribution in [-0.4, -0.2) is 26.8 Å². The lowest BCUT2D eigenvalue weighted by Crippen LogP contribution is -2.17. The Morgan fingerprint density at radius 2 is 1.46 bits per heavy atom. The molecule has 0 saturated heterocycles. The van der Waals surface area contributed by atoms with E-state index in [9.17, 15) is 9.59 Å². The number of hydrogen-bond donors (Lipinski definition) is 1. The second-order valence-electron chi connectivity index (χ2n) is 7.78. The van der Waals surface area contributed by atoms with Gasteiger partial charge in [-0.1, -0.05) is 71.9 Å². The fraction of sp³-hybridized carbons (Fsp3) is 0.0357. The lowest BCUT2D eigenvalue weighted by molar-refractivity contribution is 0.0996. The Balaban J connectivity index is 1.38. The smallest absolute Gasteiger partial charge is 0.256 e. The van der Waals surface area contributed by atoms with Gasteiger partial charge in [0.25, 0.3) is 5.91 Å². The summed E-state index contributed by atoms with van der Waals surface area (Å²) in [5.74, 6) is 0.301. The zero-order chi connectivity index (χ0) is 24.0. The van der Waals surface area contributed by atoms with Gasteiger partial charge in [0.1, 0.15) is 0 Å². The number of rotatable bonds is 7. The van der Waals surface area contributed by atoms with Gasteiger partial charge >= 0.3 is 0 Å². The molecule has 2 aromatic heterocycles. The zero-order valence-electron chi connectivity index (χ0n) is 18.6. The predicted molar refractivity (Wildman–Crippen MR) is 131 cm³/mol. The summed E-state index contributed by atoms with van der Waals surface area (Å²) >= 11 is 0. The number of nitrogens with one attached hydrogen (secondary N) is 1. The second kappa shape index (κ2) is 9.93. The summed E-state index contributed by atoms with van der Waals surface area (Å²) in [4.78, 5) is 34.7. The quantitative estimate of drug-likeness (QED) is 0.335. The molecule has 0 unspecified atom stereocenters. The summed E-state index contributed by atoms with van der Waals surface area (Å²) < 4.78 is 5.43. The number of carbonyl (C=O) groups excluding carboxylic acids is 2. The molecule has 7 nitrogen and oxygen atoms in total. The van der Waals surface area contributed by atoms with Gasteiger partial charge in [0.2, 0.25) is 11.7 Å². The number of pyridine rings is 1. The Labute approximate surface area is 201 Å². The standard InChI is InChI=1S/C28H20N4O3/c33-26(19-8-2-1-3-9-19)22-11-5-6-12-23(22)28(34)30-24-13-7-4-10-21(24)18-25-31-27(32-35-25)20-14-16-29-17-15-20/h1-17H,18H2,(H,30,34). The second-order valence-corrected chi connectivity index (χ2v) is 7.78. The van der Waals surface area contributed by atoms with Crippen molar-refractivity contribution in [2.75, 3.05) is 5.32 Å². The molecule has 1 N–H and O–H groups in total. The van der Waals surface area contributed by atoms with E-state index in [1.54, 1.807) is 79.1 Å². The van der Waals surface area contributed by atoms with Crippen LogP contribution in [0.5, 0.6) is 0 Å². The third-order valence-corrected chi connectivity index (χ3v) is 5.47. The molecule has 0 radical (unpaired) electrons. The molecular weight excluding hydrogens is 440 g/mol. The third kappa shape index (κ3) is 4.89. The predicted octanol–water partition coefficient (Wildman–Crippen LogP) is 5.21. The maximum Gasteiger partial charge on any atom is 0.256 e. The summed E-state index contributed by atoms with van der Waals surface area (Å²) in [7, 11) is 0. The first-order valence-corrected chi connectivity index (χ1v) is 11.0. The maximum atomic E-state index is 13.2. The van der Waals surface area contributed by atoms with Gasteiger partial charge in [0, 0.05) is 34.8 Å². The highest BCUT2D eigenvalue weighted by Gasteiger charge is 2.19. The number of hydrogen-bond acceptors (Lipinski definition) is 6. The Morgan fingerprint density at radius 3 is 2.26 bits per heavy atom. The Kier molecular flexibility index (Phi) is 6.21. The molecule has 5 rings (SSSR count). The van der Waals surface area contributed by atoms with Crippen LogP contribution in [0, 0.1) is 0 Å². The topological polar surface area (TPSA) is 98.0 Å². The Bertz CT molecular complexity index is 1480. The van der Waals surface area contributed by atoms with Crippen LogP contribution in [-0.2, 0) is 6.42 Å². The molecule has 0 atom stereocenters. The van der Waals surface area contributed by atoms with Gasteiger partial charge in [0.15, 0.2) is 5.78 Å². The zero-order valence-corrected chi connectivity index (χ0v) is 18.6. The minimum atomic E-state index is -0.375. The van der Waals surface area contributed by atoms with Crippen LogP contribution < -0.4 is 5.32 Å². The van der Waals surface area contributed by atoms with Crippen molar-refractivity contribution < 1.29 is 14.1 Å². The molecule has 3 aromatic carbocycles. The van der Waals surface area contributed by atoms with E-state index < -0.39 is 0 Å². The van der Waals surface area contributed by atoms with Gasteiger partial charge in [-0.15, -0.1) is 0 Å². The first kappa shape index (κ1) is 21.9. The molecule has 0 spiro atoms. The maximum absolute atomic E-state index is 13.2. The average Bonchev–Trinajstić information content (AvgIpc) is 3.39. The molecule has 0 aliphatic carbocycles. The minimum absolute atomic E-state index is 0.209. The van der Waals surface area contributed by atoms with Gasteiger partial charge in [-0.25, -0.2) is 0 Å². The highest BCUT2D eigenvalue weighted by molar-refractivity contribution is 6.17. The number of ketones is 1. The van der Waals surface area contributed by atoms with Crippen LogP contribution in [0.2, 0.25) is 0 Å². The van der Waals surface area contributed by atoms with E-state index >= 15 is 0 Å². The van der Waals surface area contributed by atoms with E-state index in [0.717, 1.165) is 11.1 Å². The van der Waals surface area contributed by atoms with Crippen molar-refractivity contribution in [1.82, 2.24) is 15.1 Å². The largest absolute Gasteiger partial charge is 0.339 e. The van der Waals surface area contributed by atoms with Gasteiger partial charge in [-0.2, -0.15) is 4.98 Å². The molecule has 0 saturated carbocycles. The van der Waals surface area contributed by atoms with Crippen LogP contribution >= 0.6 is 0 Å². The van der Waals surface area contributed by atoms with Crippen LogP contribution in [0.1, 0.15) is 37.7 Å². The van der Waals surface area contributed by atoms with Crippen molar-refractivity contribution in [3.05, 3.63) is 132 Å². The normalized spacial score (nSPS) is 10.6. The van der Waals surface area contributed by atoms with Crippen molar-refractivity contribution in [2.45, 2.75) is 6.42 Å². The number of aromatic nitrogens is 3. The van der Waals surface area contributed by atoms with Crippen LogP contribution in [0.4, 0.5) is 5.69 Å². The Morgan fingerprint density at radius 1 is 0.771 bits per heavy atom. The minimum Gasteiger partial charge on any atom is -0.339 e. The molecule has 170 valence electrons. The molecule has 0 bridgehead atoms. The van der Waals surface area contributed by atoms with Crippen LogP contribution in [0.3, 0.4) is 0 Å². The van der Waals surface area contributed by atoms with E-state index in [1.807, 2.05) is 24.3 Å². The fourth-order valence-electron chi connectivity index (χ4n) is 3.72. The fourth-order valence-corrected chi connectivity index (χ4v) is 3.72. The van der Waals surface area contributed by atoms with E-state index in [1.165, 1.54) is 0 Å². The number of amides is 1. The third-order valence-electron chi connectivity index (χ3n) is 5.47. The highest BCUT2D eigenvalue weighted by atomic mass is 16.5. The molecule has 0 aliphatic heterocycles. The molecule has 1 amide bonds. The highest BCUT2D eigenvalue weighted by Crippen LogP contribution is 2.23. The van der Waals surface area contributed by atoms with Gasteiger partial charge in [0.05, 0.1) is 12.0 Å². The molecule has 35 heavy (non-hydrogen) atoms. The first-order chi connectivity index (χ1) is 17.2. The molecule has 2 heterocycles. The van der Waals surface area contributed by atoms with E-state index in [4.69, 9.17) is 4.52 Å². The van der Waals surface area contributed by atoms with Crippen molar-refractivity contribution in [3.8, 4) is 11.4 Å². The van der Waals surface area contributed by atoms with E-state index in [2.05, 4.69) is 20.4 Å². The summed E-state index contributed by atoms with van der Waals surface area (Å²) in [6, 6.07) is 26.7. The van der Waals surface area contributed by atoms with Crippen molar-refractivity contribution in [1.29, 1.82) is 0 Å². The molecule has 0 fully saturated rings. The number of carbonyl (C=O) groups is 2. The average molecular weight is 460 g/mol. The molecule has 0 aliphatic rings. The van der Waals surface area contributed by atoms with Crippen molar-refractivity contribution in [2.24, 2.45) is 0 Å². The monoisotopic (exact) mass is 460 g/mol. The van der Waals surface area contributed by atoms with Gasteiger partial charge in [-0.3, -0.25) is 14.6 Å². The lowest BCUT2D eigenvalue weighted by Gasteiger charge is -2.12. The SMILES string of the molecule is O=C(Nc1ccccc1Cc1nc(-c2ccncc2)no1)c1ccccc1C(=O)c1ccccc1. The van der Waals surface area contributed by atoms with Crippen LogP contribution in [0.15, 0.2) is 108 Å². The first-order valence-electron chi connectivity index (χ1n) is 11.0. The lowest BCUT2D eigenvalue weighted by atomic mass is 9.97. The van der Waals surface area contributed by atoms with Crippen LogP contribution in [0.25, 0.3) is 11.4 Å². The molecule has 5 aromatic rings. The Hall–Kier alpha value is -4.91. The summed E-state index contributed by atoms with van der Waals surface area (Å²) in [5, 5.41) is 6.98. The van der Waals surface area contributed by atoms with E-state index in [-0.39, 0.29) is 11.7 Å². The number of nitrogens with zero attached hydrogens (tertiary/aromatic N) is 3. The summed E-state index contributed by atoms with van der Waals surface area (Å²) in [5.41, 5.74) is 3.37. The van der Waals surface area contributed by atoms with Gasteiger partial charge < -0.3 is 9.84 Å². The number of benzene rings is 3. The van der Waals surface area contributed by atoms with Crippen molar-refractivity contribution in [3.63, 3.8) is 0 Å². The summed E-state index contributed by atoms with van der Waals surface area (Å²) in [6.45, 7) is 0. The van der Waals surface area contributed by atoms with E-state index in [0.29, 0.717) is 40.5 Å². The summed E-state index contributed by atoms with van der Waals surface area (Å²) in [6.07, 6.45) is 3.66. The molecule has 7 heteroatoms. The number of anilines is 1.